The van der Waals surface area contributed by atoms with Gasteiger partial charge in [0.2, 0.25) is 15.9 Å². The molecule has 24 heavy (non-hydrogen) atoms. The van der Waals surface area contributed by atoms with Crippen molar-refractivity contribution in [3.05, 3.63) is 28.7 Å². The zero-order valence-electron chi connectivity index (χ0n) is 14.4. The number of sulfonamides is 1. The average molecular weight is 420 g/mol. The number of halogens is 1. The third-order valence-corrected chi connectivity index (χ3v) is 5.63. The van der Waals surface area contributed by atoms with Crippen LogP contribution in [0, 0.1) is 0 Å². The first kappa shape index (κ1) is 21.1. The van der Waals surface area contributed by atoms with Crippen LogP contribution < -0.4 is 10.0 Å². The van der Waals surface area contributed by atoms with E-state index < -0.39 is 10.0 Å². The average Bonchev–Trinajstić information content (AvgIpc) is 2.51. The number of likely N-dealkylation sites (N-methyl/N-ethyl adjacent to an activating group) is 1. The molecule has 1 aromatic carbocycles. The lowest BCUT2D eigenvalue weighted by molar-refractivity contribution is -0.121. The number of nitrogens with zero attached hydrogens (tertiary/aromatic N) is 1. The predicted octanol–water partition coefficient (Wildman–Crippen LogP) is 1.96. The van der Waals surface area contributed by atoms with Gasteiger partial charge in [-0.3, -0.25) is 9.69 Å². The summed E-state index contributed by atoms with van der Waals surface area (Å²) in [5.74, 6) is -0.159. The molecule has 0 unspecified atom stereocenters. The van der Waals surface area contributed by atoms with E-state index in [1.54, 1.807) is 12.1 Å². The van der Waals surface area contributed by atoms with Crippen molar-refractivity contribution in [1.29, 1.82) is 0 Å². The summed E-state index contributed by atoms with van der Waals surface area (Å²) in [6.45, 7) is 8.66. The maximum atomic E-state index is 12.1. The van der Waals surface area contributed by atoms with Gasteiger partial charge in [-0.05, 0) is 44.7 Å². The van der Waals surface area contributed by atoms with Crippen molar-refractivity contribution >= 4 is 31.9 Å². The fraction of sp³-hybridized carbons (Fsp3) is 0.562. The Morgan fingerprint density at radius 2 is 1.83 bits per heavy atom. The van der Waals surface area contributed by atoms with Gasteiger partial charge in [0.25, 0.3) is 0 Å². The number of nitrogens with one attached hydrogen (secondary N) is 2. The van der Waals surface area contributed by atoms with Crippen LogP contribution in [-0.2, 0) is 14.8 Å². The summed E-state index contributed by atoms with van der Waals surface area (Å²) in [5, 5.41) is 2.81. The molecule has 0 spiro atoms. The van der Waals surface area contributed by atoms with E-state index in [4.69, 9.17) is 0 Å². The van der Waals surface area contributed by atoms with Gasteiger partial charge in [-0.15, -0.1) is 0 Å². The Morgan fingerprint density at radius 3 is 2.38 bits per heavy atom. The minimum Gasteiger partial charge on any atom is -0.355 e. The summed E-state index contributed by atoms with van der Waals surface area (Å²) in [4.78, 5) is 14.2. The molecule has 0 atom stereocenters. The molecule has 0 aliphatic rings. The van der Waals surface area contributed by atoms with E-state index in [2.05, 4.69) is 51.6 Å². The monoisotopic (exact) mass is 419 g/mol. The van der Waals surface area contributed by atoms with Crippen molar-refractivity contribution in [2.24, 2.45) is 0 Å². The quantitative estimate of drug-likeness (QED) is 0.607. The maximum absolute atomic E-state index is 12.1. The molecule has 0 aromatic heterocycles. The van der Waals surface area contributed by atoms with Crippen LogP contribution in [0.4, 0.5) is 0 Å². The second kappa shape index (κ2) is 10.1. The van der Waals surface area contributed by atoms with Gasteiger partial charge in [-0.1, -0.05) is 22.9 Å². The molecular weight excluding hydrogens is 394 g/mol. The van der Waals surface area contributed by atoms with Crippen LogP contribution in [0.25, 0.3) is 0 Å². The first-order valence-electron chi connectivity index (χ1n) is 8.02. The molecule has 1 aromatic rings. The predicted molar refractivity (Wildman–Crippen MR) is 99.3 cm³/mol. The first-order chi connectivity index (χ1) is 11.3. The van der Waals surface area contributed by atoms with Gasteiger partial charge in [-0.25, -0.2) is 13.1 Å². The molecular formula is C16H26BrN3O3S. The lowest BCUT2D eigenvalue weighted by atomic mass is 10.3. The summed E-state index contributed by atoms with van der Waals surface area (Å²) in [7, 11) is -3.58. The second-order valence-electron chi connectivity index (χ2n) is 5.67. The lowest BCUT2D eigenvalue weighted by Gasteiger charge is -2.24. The molecule has 0 aliphatic carbocycles. The Balaban J connectivity index is 2.33. The number of amides is 1. The molecule has 0 radical (unpaired) electrons. The fourth-order valence-electron chi connectivity index (χ4n) is 2.20. The van der Waals surface area contributed by atoms with E-state index in [9.17, 15) is 13.2 Å². The van der Waals surface area contributed by atoms with Crippen LogP contribution in [0.3, 0.4) is 0 Å². The number of benzene rings is 1. The number of rotatable bonds is 10. The Labute approximate surface area is 153 Å². The van der Waals surface area contributed by atoms with E-state index in [0.29, 0.717) is 12.6 Å². The van der Waals surface area contributed by atoms with Gasteiger partial charge in [0, 0.05) is 36.6 Å². The smallest absolute Gasteiger partial charge is 0.240 e. The third-order valence-electron chi connectivity index (χ3n) is 3.63. The highest BCUT2D eigenvalue weighted by atomic mass is 79.9. The molecule has 8 heteroatoms. The number of carbonyl (C=O) groups is 1. The van der Waals surface area contributed by atoms with E-state index in [-0.39, 0.29) is 23.8 Å². The van der Waals surface area contributed by atoms with Crippen LogP contribution >= 0.6 is 15.9 Å². The van der Waals surface area contributed by atoms with Gasteiger partial charge in [0.05, 0.1) is 4.90 Å². The van der Waals surface area contributed by atoms with E-state index >= 15 is 0 Å². The van der Waals surface area contributed by atoms with Crippen molar-refractivity contribution in [2.75, 3.05) is 26.2 Å². The Morgan fingerprint density at radius 1 is 1.21 bits per heavy atom. The van der Waals surface area contributed by atoms with E-state index in [1.807, 2.05) is 0 Å². The highest BCUT2D eigenvalue weighted by Crippen LogP contribution is 2.14. The molecule has 0 fully saturated rings. The first-order valence-corrected chi connectivity index (χ1v) is 10.3. The Hall–Kier alpha value is -0.960. The minimum absolute atomic E-state index is 0.0753. The summed E-state index contributed by atoms with van der Waals surface area (Å²) in [6, 6.07) is 6.78. The summed E-state index contributed by atoms with van der Waals surface area (Å²) < 4.78 is 27.4. The van der Waals surface area contributed by atoms with Gasteiger partial charge < -0.3 is 5.32 Å². The summed E-state index contributed by atoms with van der Waals surface area (Å²) >= 11 is 3.26. The normalized spacial score (nSPS) is 11.9. The molecule has 2 N–H and O–H groups in total. The van der Waals surface area contributed by atoms with Gasteiger partial charge in [0.1, 0.15) is 0 Å². The van der Waals surface area contributed by atoms with Crippen LogP contribution in [0.15, 0.2) is 33.6 Å². The van der Waals surface area contributed by atoms with Crippen LogP contribution in [-0.4, -0.2) is 51.4 Å². The molecule has 0 heterocycles. The molecule has 0 saturated heterocycles. The Bertz CT molecular complexity index is 618. The van der Waals surface area contributed by atoms with Crippen molar-refractivity contribution < 1.29 is 13.2 Å². The number of hydrogen-bond donors (Lipinski definition) is 2. The van der Waals surface area contributed by atoms with Crippen molar-refractivity contribution in [2.45, 2.75) is 38.1 Å². The molecule has 1 amide bonds. The summed E-state index contributed by atoms with van der Waals surface area (Å²) in [5.41, 5.74) is 0. The number of carbonyl (C=O) groups excluding carboxylic acids is 1. The second-order valence-corrected chi connectivity index (χ2v) is 8.36. The van der Waals surface area contributed by atoms with Crippen LogP contribution in [0.1, 0.15) is 27.2 Å². The van der Waals surface area contributed by atoms with E-state index in [0.717, 1.165) is 17.6 Å². The molecule has 0 aliphatic heterocycles. The molecule has 1 rings (SSSR count). The third kappa shape index (κ3) is 7.29. The maximum Gasteiger partial charge on any atom is 0.240 e. The highest BCUT2D eigenvalue weighted by molar-refractivity contribution is 9.10. The highest BCUT2D eigenvalue weighted by Gasteiger charge is 2.14. The topological polar surface area (TPSA) is 78.5 Å². The fourth-order valence-corrected chi connectivity index (χ4v) is 3.50. The van der Waals surface area contributed by atoms with Gasteiger partial charge in [-0.2, -0.15) is 0 Å². The molecule has 0 saturated carbocycles. The minimum atomic E-state index is -3.58. The lowest BCUT2D eigenvalue weighted by Crippen LogP contribution is -2.39. The summed E-state index contributed by atoms with van der Waals surface area (Å²) in [6.07, 6.45) is 0.115. The SMILES string of the molecule is CCN(CCNC(=O)CCNS(=O)(=O)c1ccc(Br)cc1)C(C)C. The van der Waals surface area contributed by atoms with Crippen molar-refractivity contribution in [1.82, 2.24) is 14.9 Å². The van der Waals surface area contributed by atoms with Crippen molar-refractivity contribution in [3.8, 4) is 0 Å². The molecule has 6 nitrogen and oxygen atoms in total. The van der Waals surface area contributed by atoms with Crippen LogP contribution in [0.5, 0.6) is 0 Å². The molecule has 136 valence electrons. The van der Waals surface area contributed by atoms with Crippen molar-refractivity contribution in [3.63, 3.8) is 0 Å². The zero-order valence-corrected chi connectivity index (χ0v) is 16.8. The standard InChI is InChI=1S/C16H26BrN3O3S/c1-4-20(13(2)3)12-11-18-16(21)9-10-19-24(22,23)15-7-5-14(17)6-8-15/h5-8,13,19H,4,9-12H2,1-3H3,(H,18,21). The van der Waals surface area contributed by atoms with Gasteiger partial charge in [0.15, 0.2) is 0 Å². The number of hydrogen-bond acceptors (Lipinski definition) is 4. The van der Waals surface area contributed by atoms with Crippen LogP contribution in [0.2, 0.25) is 0 Å². The molecule has 0 bridgehead atoms. The largest absolute Gasteiger partial charge is 0.355 e. The van der Waals surface area contributed by atoms with E-state index in [1.165, 1.54) is 12.1 Å². The Kier molecular flexibility index (Phi) is 8.90. The zero-order chi connectivity index (χ0) is 18.2. The van der Waals surface area contributed by atoms with Gasteiger partial charge >= 0.3 is 0 Å².